The highest BCUT2D eigenvalue weighted by Gasteiger charge is 2.36. The first-order chi connectivity index (χ1) is 13.7. The monoisotopic (exact) mass is 424 g/mol. The molecular formula is C19H15F3N2O4S. The van der Waals surface area contributed by atoms with Gasteiger partial charge in [-0.1, -0.05) is 25.1 Å². The van der Waals surface area contributed by atoms with Crippen LogP contribution < -0.4 is 4.31 Å². The molecule has 1 amide bonds. The second kappa shape index (κ2) is 7.70. The Kier molecular flexibility index (Phi) is 5.47. The van der Waals surface area contributed by atoms with Crippen LogP contribution in [0.5, 0.6) is 0 Å². The van der Waals surface area contributed by atoms with E-state index in [0.717, 1.165) is 18.2 Å². The third-order valence-corrected chi connectivity index (χ3v) is 5.74. The van der Waals surface area contributed by atoms with Crippen LogP contribution in [0.3, 0.4) is 0 Å². The summed E-state index contributed by atoms with van der Waals surface area (Å²) in [6.45, 7) is 1.45. The summed E-state index contributed by atoms with van der Waals surface area (Å²) in [6, 6.07) is 9.19. The fourth-order valence-electron chi connectivity index (χ4n) is 2.67. The molecule has 0 N–H and O–H groups in total. The van der Waals surface area contributed by atoms with Gasteiger partial charge in [0.15, 0.2) is 0 Å². The summed E-state index contributed by atoms with van der Waals surface area (Å²) in [7, 11) is -4.65. The number of rotatable bonds is 5. The normalized spacial score (nSPS) is 12.0. The van der Waals surface area contributed by atoms with E-state index < -0.39 is 32.6 Å². The molecule has 0 fully saturated rings. The smallest absolute Gasteiger partial charge is 0.416 e. The Hall–Kier alpha value is -3.14. The van der Waals surface area contributed by atoms with Gasteiger partial charge in [0, 0.05) is 6.42 Å². The molecule has 0 aliphatic carbocycles. The molecule has 0 spiro atoms. The lowest BCUT2D eigenvalue weighted by Gasteiger charge is -2.24. The minimum Gasteiger partial charge on any atom is -0.444 e. The zero-order chi connectivity index (χ0) is 21.2. The zero-order valence-electron chi connectivity index (χ0n) is 15.1. The molecule has 0 aliphatic rings. The lowest BCUT2D eigenvalue weighted by molar-refractivity contribution is -0.137. The number of hydrogen-bond donors (Lipinski definition) is 0. The summed E-state index contributed by atoms with van der Waals surface area (Å²) < 4.78 is 71.3. The zero-order valence-corrected chi connectivity index (χ0v) is 15.9. The number of amides is 1. The highest BCUT2D eigenvalue weighted by molar-refractivity contribution is 7.93. The van der Waals surface area contributed by atoms with Crippen molar-refractivity contribution in [3.05, 3.63) is 66.6 Å². The molecule has 1 aromatic heterocycles. The van der Waals surface area contributed by atoms with E-state index in [9.17, 15) is 26.4 Å². The van der Waals surface area contributed by atoms with E-state index in [1.165, 1.54) is 37.6 Å². The van der Waals surface area contributed by atoms with Crippen LogP contribution in [0, 0.1) is 0 Å². The van der Waals surface area contributed by atoms with Crippen LogP contribution in [-0.2, 0) is 21.0 Å². The van der Waals surface area contributed by atoms with Gasteiger partial charge in [-0.2, -0.15) is 13.2 Å². The van der Waals surface area contributed by atoms with Gasteiger partial charge in [0.25, 0.3) is 10.0 Å². The Morgan fingerprint density at radius 1 is 1.14 bits per heavy atom. The molecule has 3 aromatic rings. The second-order valence-electron chi connectivity index (χ2n) is 5.90. The van der Waals surface area contributed by atoms with Gasteiger partial charge < -0.3 is 4.42 Å². The molecular weight excluding hydrogens is 409 g/mol. The van der Waals surface area contributed by atoms with E-state index in [1.807, 2.05) is 0 Å². The molecule has 29 heavy (non-hydrogen) atoms. The summed E-state index contributed by atoms with van der Waals surface area (Å²) in [5, 5.41) is 0. The maximum absolute atomic E-state index is 13.2. The van der Waals surface area contributed by atoms with Gasteiger partial charge in [0.05, 0.1) is 27.9 Å². The highest BCUT2D eigenvalue weighted by atomic mass is 32.2. The summed E-state index contributed by atoms with van der Waals surface area (Å²) in [6.07, 6.45) is -2.31. The summed E-state index contributed by atoms with van der Waals surface area (Å²) in [5.74, 6) is -0.754. The van der Waals surface area contributed by atoms with E-state index in [-0.39, 0.29) is 23.6 Å². The van der Waals surface area contributed by atoms with Crippen molar-refractivity contribution in [1.29, 1.82) is 0 Å². The fourth-order valence-corrected chi connectivity index (χ4v) is 4.22. The summed E-state index contributed by atoms with van der Waals surface area (Å²) >= 11 is 0. The van der Waals surface area contributed by atoms with Crippen molar-refractivity contribution >= 4 is 21.6 Å². The fraction of sp³-hybridized carbons (Fsp3) is 0.158. The molecule has 0 saturated carbocycles. The van der Waals surface area contributed by atoms with E-state index in [2.05, 4.69) is 4.98 Å². The van der Waals surface area contributed by atoms with Crippen molar-refractivity contribution in [1.82, 2.24) is 4.98 Å². The van der Waals surface area contributed by atoms with Crippen LogP contribution in [-0.4, -0.2) is 19.3 Å². The van der Waals surface area contributed by atoms with Gasteiger partial charge in [-0.3, -0.25) is 4.79 Å². The van der Waals surface area contributed by atoms with Crippen molar-refractivity contribution in [3.63, 3.8) is 0 Å². The SMILES string of the molecule is CCC(=O)N(c1ccccc1-c1ncco1)S(=O)(=O)c1cccc(C(F)(F)F)c1. The molecule has 0 aliphatic heterocycles. The number of para-hydroxylation sites is 1. The van der Waals surface area contributed by atoms with Crippen LogP contribution in [0.1, 0.15) is 18.9 Å². The van der Waals surface area contributed by atoms with Crippen LogP contribution in [0.15, 0.2) is 70.3 Å². The van der Waals surface area contributed by atoms with Crippen LogP contribution in [0.4, 0.5) is 18.9 Å². The van der Waals surface area contributed by atoms with Crippen LogP contribution >= 0.6 is 0 Å². The van der Waals surface area contributed by atoms with Gasteiger partial charge in [-0.25, -0.2) is 17.7 Å². The third-order valence-electron chi connectivity index (χ3n) is 4.01. The Labute approximate surface area is 164 Å². The Morgan fingerprint density at radius 3 is 2.48 bits per heavy atom. The number of halogens is 3. The maximum atomic E-state index is 13.2. The quantitative estimate of drug-likeness (QED) is 0.603. The van der Waals surface area contributed by atoms with Crippen LogP contribution in [0.2, 0.25) is 0 Å². The number of benzene rings is 2. The largest absolute Gasteiger partial charge is 0.444 e. The first kappa shape index (κ1) is 20.6. The molecule has 152 valence electrons. The lowest BCUT2D eigenvalue weighted by Crippen LogP contribution is -2.37. The summed E-state index contributed by atoms with van der Waals surface area (Å²) in [4.78, 5) is 15.9. The van der Waals surface area contributed by atoms with E-state index in [0.29, 0.717) is 10.4 Å². The van der Waals surface area contributed by atoms with E-state index in [1.54, 1.807) is 6.07 Å². The number of anilines is 1. The van der Waals surface area contributed by atoms with Gasteiger partial charge in [0.1, 0.15) is 6.26 Å². The van der Waals surface area contributed by atoms with Gasteiger partial charge in [0.2, 0.25) is 11.8 Å². The van der Waals surface area contributed by atoms with Gasteiger partial charge >= 0.3 is 6.18 Å². The van der Waals surface area contributed by atoms with Crippen molar-refractivity contribution in [2.45, 2.75) is 24.4 Å². The molecule has 0 saturated heterocycles. The maximum Gasteiger partial charge on any atom is 0.416 e. The Bertz CT molecular complexity index is 1130. The van der Waals surface area contributed by atoms with Crippen molar-refractivity contribution < 1.29 is 30.8 Å². The van der Waals surface area contributed by atoms with Crippen molar-refractivity contribution in [2.75, 3.05) is 4.31 Å². The number of hydrogen-bond acceptors (Lipinski definition) is 5. The van der Waals surface area contributed by atoms with E-state index in [4.69, 9.17) is 4.42 Å². The highest BCUT2D eigenvalue weighted by Crippen LogP contribution is 2.35. The first-order valence-corrected chi connectivity index (χ1v) is 9.84. The molecule has 0 unspecified atom stereocenters. The van der Waals surface area contributed by atoms with Gasteiger partial charge in [-0.05, 0) is 30.3 Å². The molecule has 0 radical (unpaired) electrons. The first-order valence-electron chi connectivity index (χ1n) is 8.40. The third kappa shape index (κ3) is 4.02. The number of carbonyl (C=O) groups excluding carboxylic acids is 1. The number of sulfonamides is 1. The number of oxazole rings is 1. The predicted molar refractivity (Wildman–Crippen MR) is 98.3 cm³/mol. The number of alkyl halides is 3. The molecule has 1 heterocycles. The summed E-state index contributed by atoms with van der Waals surface area (Å²) in [5.41, 5.74) is -1.00. The standard InChI is InChI=1S/C19H15F3N2O4S/c1-2-17(25)24(16-9-4-3-8-15(16)18-23-10-11-28-18)29(26,27)14-7-5-6-13(12-14)19(20,21)22/h3-12H,2H2,1H3. The second-order valence-corrected chi connectivity index (χ2v) is 7.68. The van der Waals surface area contributed by atoms with Crippen LogP contribution in [0.25, 0.3) is 11.5 Å². The molecule has 3 rings (SSSR count). The topological polar surface area (TPSA) is 80.5 Å². The minimum absolute atomic E-state index is 0.0637. The van der Waals surface area contributed by atoms with Gasteiger partial charge in [-0.15, -0.1) is 0 Å². The molecule has 2 aromatic carbocycles. The molecule has 0 bridgehead atoms. The average molecular weight is 424 g/mol. The number of nitrogens with zero attached hydrogens (tertiary/aromatic N) is 2. The molecule has 0 atom stereocenters. The minimum atomic E-state index is -4.73. The van der Waals surface area contributed by atoms with Crippen molar-refractivity contribution in [3.8, 4) is 11.5 Å². The Balaban J connectivity index is 2.21. The lowest BCUT2D eigenvalue weighted by atomic mass is 10.1. The average Bonchev–Trinajstić information content (AvgIpc) is 3.22. The Morgan fingerprint density at radius 2 is 1.86 bits per heavy atom. The predicted octanol–water partition coefficient (Wildman–Crippen LogP) is 4.49. The van der Waals surface area contributed by atoms with Crippen molar-refractivity contribution in [2.24, 2.45) is 0 Å². The molecule has 6 nitrogen and oxygen atoms in total. The number of carbonyl (C=O) groups is 1. The number of aromatic nitrogens is 1. The van der Waals surface area contributed by atoms with E-state index >= 15 is 0 Å². The molecule has 10 heteroatoms.